The summed E-state index contributed by atoms with van der Waals surface area (Å²) >= 11 is 2.44. The van der Waals surface area contributed by atoms with Crippen LogP contribution in [0.15, 0.2) is 4.47 Å². The third-order valence-electron chi connectivity index (χ3n) is 1.86. The summed E-state index contributed by atoms with van der Waals surface area (Å²) in [6.45, 7) is 0. The van der Waals surface area contributed by atoms with Crippen LogP contribution in [0.1, 0.15) is 0 Å². The van der Waals surface area contributed by atoms with E-state index in [0.29, 0.717) is 0 Å². The maximum absolute atomic E-state index is 10.6. The van der Waals surface area contributed by atoms with Crippen LogP contribution in [-0.4, -0.2) is 128 Å². The molecule has 0 aliphatic rings. The van der Waals surface area contributed by atoms with Gasteiger partial charge in [0.1, 0.15) is 0 Å². The molecule has 0 aliphatic heterocycles. The van der Waals surface area contributed by atoms with Gasteiger partial charge in [0.05, 0.1) is 14.8 Å². The van der Waals surface area contributed by atoms with Crippen LogP contribution in [0.4, 0.5) is 17.1 Å². The van der Waals surface area contributed by atoms with Crippen molar-refractivity contribution < 1.29 is 25.0 Å². The van der Waals surface area contributed by atoms with E-state index in [2.05, 4.69) is 15.9 Å². The fourth-order valence-electron chi connectivity index (χ4n) is 1.16. The van der Waals surface area contributed by atoms with Crippen LogP contribution in [0.5, 0.6) is 11.5 Å². The van der Waals surface area contributed by atoms with Crippen LogP contribution in [0.3, 0.4) is 0 Å². The molecule has 0 saturated heterocycles. The molecule has 20 heavy (non-hydrogen) atoms. The molecule has 11 nitrogen and oxygen atoms in total. The number of aromatic hydroxyl groups is 2. The molecule has 0 unspecified atom stereocenters. The van der Waals surface area contributed by atoms with Crippen molar-refractivity contribution in [2.24, 2.45) is 0 Å². The molecular weight excluding hydrogens is 400 g/mol. The van der Waals surface area contributed by atoms with E-state index in [1.807, 2.05) is 0 Å². The Bertz CT molecular complexity index is 492. The number of nitrogens with zero attached hydrogens (tertiary/aromatic N) is 3. The Morgan fingerprint density at radius 3 is 1.20 bits per heavy atom. The Hall–Kier alpha value is 0.773. The Labute approximate surface area is 203 Å². The molecule has 0 spiro atoms. The number of benzene rings is 1. The van der Waals surface area contributed by atoms with Gasteiger partial charge in [-0.1, -0.05) is 0 Å². The zero-order valence-electron chi connectivity index (χ0n) is 8.06. The summed E-state index contributed by atoms with van der Waals surface area (Å²) in [5, 5.41) is 50.3. The quantitative estimate of drug-likeness (QED) is 0.411. The summed E-state index contributed by atoms with van der Waals surface area (Å²) in [4.78, 5) is 27.8. The van der Waals surface area contributed by atoms with E-state index >= 15 is 0 Å². The molecule has 0 atom stereocenters. The molecule has 100 valence electrons. The number of hydrogen-bond acceptors (Lipinski definition) is 8. The molecule has 2 N–H and O–H groups in total. The van der Waals surface area contributed by atoms with Crippen LogP contribution >= 0.6 is 15.9 Å². The average molecular weight is 404 g/mol. The van der Waals surface area contributed by atoms with Gasteiger partial charge < -0.3 is 10.2 Å². The molecule has 0 fully saturated rings. The van der Waals surface area contributed by atoms with Crippen molar-refractivity contribution in [1.82, 2.24) is 0 Å². The third-order valence-corrected chi connectivity index (χ3v) is 2.61. The van der Waals surface area contributed by atoms with E-state index in [9.17, 15) is 40.6 Å². The molecular formula is C6H4BrK2N3O8. The molecule has 0 radical (unpaired) electrons. The molecule has 1 aromatic carbocycles. The fraction of sp³-hybridized carbons (Fsp3) is 0. The van der Waals surface area contributed by atoms with Crippen LogP contribution in [-0.2, 0) is 0 Å². The second kappa shape index (κ2) is 9.03. The van der Waals surface area contributed by atoms with E-state index in [1.165, 1.54) is 0 Å². The summed E-state index contributed by atoms with van der Waals surface area (Å²) in [7, 11) is 0. The first-order chi connectivity index (χ1) is 8.20. The Kier molecular flexibility index (Phi) is 10.4. The van der Waals surface area contributed by atoms with E-state index in [1.54, 1.807) is 0 Å². The number of phenols is 2. The summed E-state index contributed by atoms with van der Waals surface area (Å²) in [6.07, 6.45) is 0. The molecule has 0 saturated carbocycles. The molecule has 0 bridgehead atoms. The SMILES string of the molecule is O=[N+]([O-])c1c(O)c([N+](=O)[O-])c(Br)c([N+](=O)[O-])c1O.[KH].[KH]. The average Bonchev–Trinajstić information content (AvgIpc) is 2.14. The Balaban J connectivity index is 0. The van der Waals surface area contributed by atoms with Crippen molar-refractivity contribution >= 4 is 136 Å². The van der Waals surface area contributed by atoms with Crippen LogP contribution in [0.25, 0.3) is 0 Å². The van der Waals surface area contributed by atoms with Gasteiger partial charge in [-0.05, 0) is 15.9 Å². The van der Waals surface area contributed by atoms with Crippen molar-refractivity contribution in [3.05, 3.63) is 34.8 Å². The first kappa shape index (κ1) is 23.0. The van der Waals surface area contributed by atoms with Crippen LogP contribution in [0.2, 0.25) is 0 Å². The van der Waals surface area contributed by atoms with Gasteiger partial charge in [-0.3, -0.25) is 30.3 Å². The van der Waals surface area contributed by atoms with Crippen molar-refractivity contribution in [1.29, 1.82) is 0 Å². The van der Waals surface area contributed by atoms with Gasteiger partial charge in [0.2, 0.25) is 0 Å². The monoisotopic (exact) mass is 403 g/mol. The number of phenolic OH excluding ortho intramolecular Hbond substituents is 2. The van der Waals surface area contributed by atoms with Gasteiger partial charge in [-0.25, -0.2) is 0 Å². The third kappa shape index (κ3) is 4.39. The van der Waals surface area contributed by atoms with Crippen molar-refractivity contribution in [3.8, 4) is 11.5 Å². The zero-order chi connectivity index (χ0) is 14.2. The molecule has 0 amide bonds. The zero-order valence-corrected chi connectivity index (χ0v) is 9.65. The van der Waals surface area contributed by atoms with Gasteiger partial charge in [0.25, 0.3) is 11.5 Å². The number of nitro groups is 3. The minimum absolute atomic E-state index is 0. The maximum atomic E-state index is 10.6. The predicted octanol–water partition coefficient (Wildman–Crippen LogP) is 0.288. The molecule has 0 heterocycles. The normalized spacial score (nSPS) is 9.05. The van der Waals surface area contributed by atoms with Gasteiger partial charge in [0, 0.05) is 0 Å². The Morgan fingerprint density at radius 1 is 0.750 bits per heavy atom. The predicted molar refractivity (Wildman–Crippen MR) is 71.7 cm³/mol. The summed E-state index contributed by atoms with van der Waals surface area (Å²) in [5.41, 5.74) is -4.05. The van der Waals surface area contributed by atoms with Gasteiger partial charge in [-0.2, -0.15) is 0 Å². The van der Waals surface area contributed by atoms with Crippen LogP contribution < -0.4 is 0 Å². The fourth-order valence-corrected chi connectivity index (χ4v) is 1.83. The number of rotatable bonds is 3. The second-order valence-corrected chi connectivity index (χ2v) is 3.62. The molecule has 0 aliphatic carbocycles. The second-order valence-electron chi connectivity index (χ2n) is 2.83. The number of hydrogen-bond donors (Lipinski definition) is 2. The topological polar surface area (TPSA) is 170 Å². The van der Waals surface area contributed by atoms with E-state index in [0.717, 1.165) is 0 Å². The number of halogens is 1. The minimum atomic E-state index is -1.50. The molecule has 14 heteroatoms. The molecule has 1 rings (SSSR count). The summed E-state index contributed by atoms with van der Waals surface area (Å²) < 4.78 is -0.863. The standard InChI is InChI=1S/C6H2BrN3O8.2K.2H/c7-1-2(8(13)14)5(11)4(10(17)18)6(12)3(1)9(15)16;;;;/h11-12H;;;;. The Morgan fingerprint density at radius 2 is 1.00 bits per heavy atom. The van der Waals surface area contributed by atoms with Gasteiger partial charge in [-0.15, -0.1) is 0 Å². The van der Waals surface area contributed by atoms with Gasteiger partial charge >= 0.3 is 120 Å². The summed E-state index contributed by atoms with van der Waals surface area (Å²) in [5.74, 6) is -2.94. The van der Waals surface area contributed by atoms with E-state index in [4.69, 9.17) is 0 Å². The number of nitro benzene ring substituents is 3. The van der Waals surface area contributed by atoms with Crippen molar-refractivity contribution in [2.75, 3.05) is 0 Å². The summed E-state index contributed by atoms with van der Waals surface area (Å²) in [6, 6.07) is 0. The van der Waals surface area contributed by atoms with Crippen LogP contribution in [0, 0.1) is 30.3 Å². The van der Waals surface area contributed by atoms with E-state index in [-0.39, 0.29) is 103 Å². The first-order valence-corrected chi connectivity index (χ1v) is 4.70. The van der Waals surface area contributed by atoms with Gasteiger partial charge in [0.15, 0.2) is 4.47 Å². The van der Waals surface area contributed by atoms with E-state index < -0.39 is 47.8 Å². The molecule has 0 aromatic heterocycles. The van der Waals surface area contributed by atoms with Crippen molar-refractivity contribution in [2.45, 2.75) is 0 Å². The van der Waals surface area contributed by atoms with Crippen molar-refractivity contribution in [3.63, 3.8) is 0 Å². The first-order valence-electron chi connectivity index (χ1n) is 3.90. The molecule has 1 aromatic rings.